The molecule has 0 saturated carbocycles. The van der Waals surface area contributed by atoms with Crippen molar-refractivity contribution < 1.29 is 19.6 Å². The van der Waals surface area contributed by atoms with Crippen molar-refractivity contribution in [1.82, 2.24) is 0 Å². The van der Waals surface area contributed by atoms with Crippen molar-refractivity contribution in [3.05, 3.63) is 0 Å². The molecule has 17 heavy (non-hydrogen) atoms. The molecule has 4 heteroatoms. The van der Waals surface area contributed by atoms with E-state index in [0.29, 0.717) is 6.61 Å². The van der Waals surface area contributed by atoms with Gasteiger partial charge in [-0.3, -0.25) is 4.89 Å². The summed E-state index contributed by atoms with van der Waals surface area (Å²) in [6.07, 6.45) is 6.87. The van der Waals surface area contributed by atoms with E-state index in [4.69, 9.17) is 4.89 Å². The van der Waals surface area contributed by atoms with E-state index in [9.17, 15) is 4.79 Å². The number of carbonyl (C=O) groups excluding carboxylic acids is 1. The van der Waals surface area contributed by atoms with Crippen LogP contribution in [-0.4, -0.2) is 12.6 Å². The van der Waals surface area contributed by atoms with Crippen LogP contribution in [0.3, 0.4) is 0 Å². The average Bonchev–Trinajstić information content (AvgIpc) is 2.34. The topological polar surface area (TPSA) is 44.8 Å². The Morgan fingerprint density at radius 3 is 2.35 bits per heavy atom. The normalized spacial score (nSPS) is 12.4. The van der Waals surface area contributed by atoms with E-state index in [1.807, 2.05) is 6.92 Å². The van der Waals surface area contributed by atoms with Crippen molar-refractivity contribution in [2.24, 2.45) is 5.92 Å². The molecule has 1 unspecified atom stereocenters. The van der Waals surface area contributed by atoms with Gasteiger partial charge in [-0.2, -0.15) is 4.89 Å². The Labute approximate surface area is 104 Å². The Bertz CT molecular complexity index is 182. The second-order valence-corrected chi connectivity index (χ2v) is 4.25. The number of rotatable bonds is 11. The summed E-state index contributed by atoms with van der Waals surface area (Å²) in [6.45, 7) is 6.66. The van der Waals surface area contributed by atoms with Crippen molar-refractivity contribution in [1.29, 1.82) is 0 Å². The minimum atomic E-state index is -0.323. The molecular formula is C13H26O4. The third-order valence-corrected chi connectivity index (χ3v) is 2.73. The summed E-state index contributed by atoms with van der Waals surface area (Å²) in [5.41, 5.74) is 0. The first-order chi connectivity index (χ1) is 8.26. The van der Waals surface area contributed by atoms with Crippen molar-refractivity contribution >= 4 is 5.97 Å². The average molecular weight is 246 g/mol. The second kappa shape index (κ2) is 11.9. The lowest BCUT2D eigenvalue weighted by Crippen LogP contribution is -2.17. The monoisotopic (exact) mass is 246 g/mol. The quantitative estimate of drug-likeness (QED) is 0.316. The molecule has 102 valence electrons. The van der Waals surface area contributed by atoms with Gasteiger partial charge in [0, 0.05) is 0 Å². The largest absolute Gasteiger partial charge is 0.348 e. The third kappa shape index (κ3) is 9.12. The first-order valence-corrected chi connectivity index (χ1v) is 6.76. The summed E-state index contributed by atoms with van der Waals surface area (Å²) in [5.74, 6) is -0.398. The third-order valence-electron chi connectivity index (χ3n) is 2.73. The van der Waals surface area contributed by atoms with Crippen LogP contribution in [0.2, 0.25) is 0 Å². The van der Waals surface area contributed by atoms with Crippen LogP contribution >= 0.6 is 0 Å². The predicted molar refractivity (Wildman–Crippen MR) is 66.0 cm³/mol. The number of unbranched alkanes of at least 4 members (excludes halogenated alkanes) is 3. The molecule has 0 heterocycles. The van der Waals surface area contributed by atoms with E-state index in [1.54, 1.807) is 0 Å². The molecule has 0 aliphatic carbocycles. The van der Waals surface area contributed by atoms with Crippen LogP contribution in [-0.2, 0) is 19.6 Å². The molecule has 0 aromatic rings. The molecule has 4 nitrogen and oxygen atoms in total. The van der Waals surface area contributed by atoms with E-state index >= 15 is 0 Å². The Morgan fingerprint density at radius 1 is 1.06 bits per heavy atom. The van der Waals surface area contributed by atoms with Crippen LogP contribution in [0.4, 0.5) is 0 Å². The van der Waals surface area contributed by atoms with Gasteiger partial charge >= 0.3 is 5.97 Å². The van der Waals surface area contributed by atoms with Crippen molar-refractivity contribution in [2.45, 2.75) is 65.7 Å². The van der Waals surface area contributed by atoms with E-state index < -0.39 is 0 Å². The highest BCUT2D eigenvalue weighted by atomic mass is 17.5. The van der Waals surface area contributed by atoms with Crippen molar-refractivity contribution in [2.75, 3.05) is 6.61 Å². The highest BCUT2D eigenvalue weighted by molar-refractivity contribution is 5.71. The summed E-state index contributed by atoms with van der Waals surface area (Å²) >= 11 is 0. The van der Waals surface area contributed by atoms with Crippen LogP contribution in [0.25, 0.3) is 0 Å². The van der Waals surface area contributed by atoms with E-state index in [-0.39, 0.29) is 11.9 Å². The molecule has 0 aromatic carbocycles. The minimum absolute atomic E-state index is 0.0748. The summed E-state index contributed by atoms with van der Waals surface area (Å²) in [5, 5.41) is 4.46. The van der Waals surface area contributed by atoms with Gasteiger partial charge in [-0.25, -0.2) is 4.79 Å². The summed E-state index contributed by atoms with van der Waals surface area (Å²) in [7, 11) is 0. The molecule has 0 radical (unpaired) electrons. The fourth-order valence-corrected chi connectivity index (χ4v) is 1.51. The van der Waals surface area contributed by atoms with E-state index in [0.717, 1.165) is 44.9 Å². The molecule has 0 saturated heterocycles. The molecule has 0 aromatic heterocycles. The molecule has 0 spiro atoms. The van der Waals surface area contributed by atoms with Gasteiger partial charge in [-0.1, -0.05) is 46.5 Å². The summed E-state index contributed by atoms with van der Waals surface area (Å²) < 4.78 is 0. The smallest absolute Gasteiger partial charge is 0.269 e. The Hall–Kier alpha value is -0.610. The molecule has 0 amide bonds. The highest BCUT2D eigenvalue weighted by Crippen LogP contribution is 2.14. The molecule has 0 aliphatic rings. The Balaban J connectivity index is 3.54. The summed E-state index contributed by atoms with van der Waals surface area (Å²) in [4.78, 5) is 20.9. The van der Waals surface area contributed by atoms with Crippen LogP contribution in [0.1, 0.15) is 65.7 Å². The fraction of sp³-hybridized carbons (Fsp3) is 0.923. The zero-order valence-electron chi connectivity index (χ0n) is 11.4. The lowest BCUT2D eigenvalue weighted by Gasteiger charge is -2.11. The maximum atomic E-state index is 11.5. The molecule has 0 bridgehead atoms. The Kier molecular flexibility index (Phi) is 11.4. The molecule has 0 fully saturated rings. The van der Waals surface area contributed by atoms with E-state index in [2.05, 4.69) is 23.8 Å². The van der Waals surface area contributed by atoms with Crippen LogP contribution in [0.5, 0.6) is 0 Å². The van der Waals surface area contributed by atoms with Crippen LogP contribution < -0.4 is 0 Å². The van der Waals surface area contributed by atoms with Gasteiger partial charge in [0.25, 0.3) is 0 Å². The standard InChI is InChI=1S/C13H26O4/c1-4-7-9-11-15-17-16-13(14)12(6-3)10-8-5-2/h12H,4-11H2,1-3H3. The van der Waals surface area contributed by atoms with Crippen LogP contribution in [0.15, 0.2) is 0 Å². The first kappa shape index (κ1) is 16.4. The SMILES string of the molecule is CCCCCOOOC(=O)C(CC)CCCC. The van der Waals surface area contributed by atoms with Gasteiger partial charge in [0.2, 0.25) is 0 Å². The molecule has 1 atom stereocenters. The minimum Gasteiger partial charge on any atom is -0.269 e. The number of hydrogen-bond donors (Lipinski definition) is 0. The highest BCUT2D eigenvalue weighted by Gasteiger charge is 2.18. The molecular weight excluding hydrogens is 220 g/mol. The van der Waals surface area contributed by atoms with Gasteiger partial charge in [0.1, 0.15) is 0 Å². The lowest BCUT2D eigenvalue weighted by atomic mass is 10.00. The Morgan fingerprint density at radius 2 is 1.76 bits per heavy atom. The predicted octanol–water partition coefficient (Wildman–Crippen LogP) is 3.80. The maximum absolute atomic E-state index is 11.5. The van der Waals surface area contributed by atoms with Crippen LogP contribution in [0, 0.1) is 5.92 Å². The second-order valence-electron chi connectivity index (χ2n) is 4.25. The fourth-order valence-electron chi connectivity index (χ4n) is 1.51. The molecule has 0 rings (SSSR count). The zero-order valence-corrected chi connectivity index (χ0v) is 11.4. The summed E-state index contributed by atoms with van der Waals surface area (Å²) in [6, 6.07) is 0. The van der Waals surface area contributed by atoms with Gasteiger partial charge in [-0.05, 0) is 24.3 Å². The molecule has 0 N–H and O–H groups in total. The van der Waals surface area contributed by atoms with Gasteiger partial charge in [0.05, 0.1) is 12.5 Å². The van der Waals surface area contributed by atoms with Gasteiger partial charge in [-0.15, -0.1) is 0 Å². The van der Waals surface area contributed by atoms with Gasteiger partial charge < -0.3 is 0 Å². The van der Waals surface area contributed by atoms with Crippen molar-refractivity contribution in [3.8, 4) is 0 Å². The molecule has 0 aliphatic heterocycles. The van der Waals surface area contributed by atoms with Gasteiger partial charge in [0.15, 0.2) is 0 Å². The maximum Gasteiger partial charge on any atom is 0.348 e. The number of carbonyl (C=O) groups is 1. The van der Waals surface area contributed by atoms with E-state index in [1.165, 1.54) is 0 Å². The number of hydrogen-bond acceptors (Lipinski definition) is 4. The zero-order chi connectivity index (χ0) is 12.9. The first-order valence-electron chi connectivity index (χ1n) is 6.76. The van der Waals surface area contributed by atoms with Crippen molar-refractivity contribution in [3.63, 3.8) is 0 Å². The lowest BCUT2D eigenvalue weighted by molar-refractivity contribution is -0.487.